The summed E-state index contributed by atoms with van der Waals surface area (Å²) >= 11 is 7.36. The lowest BCUT2D eigenvalue weighted by atomic mass is 9.93. The number of benzene rings is 1. The highest BCUT2D eigenvalue weighted by Crippen LogP contribution is 2.53. The molecule has 0 bridgehead atoms. The molecule has 1 aromatic carbocycles. The number of thioether (sulfide) groups is 1. The van der Waals surface area contributed by atoms with Crippen molar-refractivity contribution in [1.29, 1.82) is 0 Å². The van der Waals surface area contributed by atoms with Crippen LogP contribution in [0.3, 0.4) is 0 Å². The molecule has 5 atom stereocenters. The van der Waals surface area contributed by atoms with E-state index in [2.05, 4.69) is 13.8 Å². The van der Waals surface area contributed by atoms with Crippen LogP contribution in [0.1, 0.15) is 92.6 Å². The normalized spacial score (nSPS) is 22.4. The number of halogens is 1. The number of esters is 2. The second-order valence-corrected chi connectivity index (χ2v) is 17.4. The molecule has 254 valence electrons. The fourth-order valence-electron chi connectivity index (χ4n) is 5.37. The van der Waals surface area contributed by atoms with Crippen LogP contribution in [-0.4, -0.2) is 73.6 Å². The Morgan fingerprint density at radius 1 is 1.11 bits per heavy atom. The van der Waals surface area contributed by atoms with Gasteiger partial charge in [0, 0.05) is 32.4 Å². The summed E-state index contributed by atoms with van der Waals surface area (Å²) in [6.45, 7) is 13.1. The average Bonchev–Trinajstić information content (AvgIpc) is 3.54. The third kappa shape index (κ3) is 10.0. The number of hydrogen-bond donors (Lipinski definition) is 0. The Hall–Kier alpha value is -1.98. The van der Waals surface area contributed by atoms with Crippen molar-refractivity contribution in [1.82, 2.24) is 4.90 Å². The Bertz CT molecular complexity index is 1200. The predicted molar refractivity (Wildman–Crippen MR) is 179 cm³/mol. The number of rotatable bonds is 14. The third-order valence-corrected chi connectivity index (χ3v) is 11.8. The van der Waals surface area contributed by atoms with Crippen LogP contribution in [-0.2, 0) is 41.1 Å². The van der Waals surface area contributed by atoms with Gasteiger partial charge in [-0.1, -0.05) is 52.0 Å². The highest BCUT2D eigenvalue weighted by Gasteiger charge is 2.63. The van der Waals surface area contributed by atoms with Gasteiger partial charge in [0.25, 0.3) is 0 Å². The maximum Gasteiger partial charge on any atom is 0.333 e. The van der Waals surface area contributed by atoms with Gasteiger partial charge in [0.05, 0.1) is 16.7 Å². The molecule has 3 aliphatic rings. The Balaban J connectivity index is 0.000000246. The monoisotopic (exact) mass is 687 g/mol. The summed E-state index contributed by atoms with van der Waals surface area (Å²) in [5.41, 5.74) is 0.508. The molecule has 2 fully saturated rings. The zero-order valence-electron chi connectivity index (χ0n) is 27.7. The largest absolute Gasteiger partial charge is 0.454 e. The molecule has 4 rings (SSSR count). The molecule has 0 saturated carbocycles. The summed E-state index contributed by atoms with van der Waals surface area (Å²) < 4.78 is 32.6. The van der Waals surface area contributed by atoms with Crippen LogP contribution >= 0.6 is 23.4 Å². The van der Waals surface area contributed by atoms with Crippen LogP contribution in [0.15, 0.2) is 18.2 Å². The van der Waals surface area contributed by atoms with Crippen molar-refractivity contribution >= 4 is 52.0 Å². The summed E-state index contributed by atoms with van der Waals surface area (Å²) in [6.07, 6.45) is 8.32. The lowest BCUT2D eigenvalue weighted by Gasteiger charge is -2.43. The summed E-state index contributed by atoms with van der Waals surface area (Å²) in [5.74, 6) is 1.30. The van der Waals surface area contributed by atoms with Crippen LogP contribution in [0.4, 0.5) is 0 Å². The molecule has 0 N–H and O–H groups in total. The zero-order valence-corrected chi connectivity index (χ0v) is 30.1. The standard InChI is InChI=1S/C18H28O3S.C15H22ClNO5S/c1-3-4-5-6-7-8-11-22(19)15(2)12-16-9-10-17-18(13-16)21-14-20-17;1-14(2,3)13(20)22-7-21-12(19)9-15(4,5)23-11-8(6-16)10(18)17(9)11/h9-10,13,15H,3-8,11-12,14H2,1-2H3;8-9,11H,6-7H2,1-5H3/t;8-,9+,11-/m.1/s1. The van der Waals surface area contributed by atoms with E-state index in [0.717, 1.165) is 30.1 Å². The number of fused-ring (bicyclic) bond motifs is 2. The molecule has 1 amide bonds. The minimum Gasteiger partial charge on any atom is -0.454 e. The number of hydrogen-bond acceptors (Lipinski definition) is 9. The van der Waals surface area contributed by atoms with Gasteiger partial charge in [-0.15, -0.1) is 23.4 Å². The molecule has 0 aliphatic carbocycles. The number of alkyl halides is 1. The van der Waals surface area contributed by atoms with E-state index in [1.807, 2.05) is 32.0 Å². The summed E-state index contributed by atoms with van der Waals surface area (Å²) in [5, 5.41) is 0.0979. The molecule has 2 saturated heterocycles. The van der Waals surface area contributed by atoms with E-state index in [4.69, 9.17) is 30.5 Å². The molecule has 3 heterocycles. The smallest absolute Gasteiger partial charge is 0.333 e. The van der Waals surface area contributed by atoms with E-state index in [-0.39, 0.29) is 28.3 Å². The SMILES string of the molecule is CC(C)(C)C(=O)OCOC(=O)[C@@H]1N2C(=O)[C@@H](CCl)[C@H]2SC1(C)C.CCCCCCCCS(=O)C(C)Cc1ccc2c(c1)OCO2. The molecule has 9 nitrogen and oxygen atoms in total. The number of β-lactam (4-membered cyclic amide) rings is 1. The van der Waals surface area contributed by atoms with Gasteiger partial charge in [-0.25, -0.2) is 4.79 Å². The first-order valence-corrected chi connectivity index (χ1v) is 18.7. The van der Waals surface area contributed by atoms with Gasteiger partial charge in [-0.05, 0) is 65.2 Å². The van der Waals surface area contributed by atoms with Gasteiger partial charge in [0.1, 0.15) is 6.04 Å². The zero-order chi connectivity index (χ0) is 33.4. The van der Waals surface area contributed by atoms with E-state index >= 15 is 0 Å². The van der Waals surface area contributed by atoms with Gasteiger partial charge < -0.3 is 23.8 Å². The number of carbonyl (C=O) groups is 3. The lowest BCUT2D eigenvalue weighted by molar-refractivity contribution is -0.180. The van der Waals surface area contributed by atoms with Gasteiger partial charge in [-0.2, -0.15) is 0 Å². The second kappa shape index (κ2) is 16.7. The molecular formula is C33H50ClNO8S2. The van der Waals surface area contributed by atoms with E-state index < -0.39 is 45.7 Å². The lowest BCUT2D eigenvalue weighted by Crippen LogP contribution is -2.63. The van der Waals surface area contributed by atoms with Crippen molar-refractivity contribution in [3.8, 4) is 11.5 Å². The summed E-state index contributed by atoms with van der Waals surface area (Å²) in [4.78, 5) is 37.7. The first kappa shape index (κ1) is 37.5. The molecule has 1 aromatic rings. The maximum atomic E-state index is 12.4. The number of carbonyl (C=O) groups excluding carboxylic acids is 3. The van der Waals surface area contributed by atoms with Crippen LogP contribution in [0, 0.1) is 11.3 Å². The first-order chi connectivity index (χ1) is 21.2. The number of amides is 1. The molecule has 12 heteroatoms. The summed E-state index contributed by atoms with van der Waals surface area (Å²) in [7, 11) is -0.743. The predicted octanol–water partition coefficient (Wildman–Crippen LogP) is 6.45. The van der Waals surface area contributed by atoms with E-state index in [1.165, 1.54) is 42.6 Å². The number of nitrogens with zero attached hydrogens (tertiary/aromatic N) is 1. The Labute approximate surface area is 280 Å². The molecule has 45 heavy (non-hydrogen) atoms. The fourth-order valence-corrected chi connectivity index (χ4v) is 8.72. The van der Waals surface area contributed by atoms with E-state index in [0.29, 0.717) is 6.79 Å². The first-order valence-electron chi connectivity index (χ1n) is 15.9. The van der Waals surface area contributed by atoms with Crippen molar-refractivity contribution in [3.05, 3.63) is 23.8 Å². The Kier molecular flexibility index (Phi) is 13.9. The minimum absolute atomic E-state index is 0.0929. The van der Waals surface area contributed by atoms with Crippen LogP contribution < -0.4 is 9.47 Å². The van der Waals surface area contributed by atoms with Gasteiger partial charge in [0.2, 0.25) is 19.5 Å². The van der Waals surface area contributed by atoms with Crippen molar-refractivity contribution in [3.63, 3.8) is 0 Å². The molecule has 0 radical (unpaired) electrons. The third-order valence-electron chi connectivity index (χ3n) is 8.05. The van der Waals surface area contributed by atoms with Gasteiger partial charge >= 0.3 is 11.9 Å². The minimum atomic E-state index is -0.743. The highest BCUT2D eigenvalue weighted by atomic mass is 35.5. The van der Waals surface area contributed by atoms with Crippen LogP contribution in [0.2, 0.25) is 0 Å². The van der Waals surface area contributed by atoms with Crippen LogP contribution in [0.25, 0.3) is 0 Å². The van der Waals surface area contributed by atoms with Crippen molar-refractivity contribution in [2.24, 2.45) is 11.3 Å². The Morgan fingerprint density at radius 2 is 1.78 bits per heavy atom. The van der Waals surface area contributed by atoms with E-state index in [1.54, 1.807) is 32.5 Å². The number of ether oxygens (including phenoxy) is 4. The Morgan fingerprint density at radius 3 is 2.44 bits per heavy atom. The van der Waals surface area contributed by atoms with Crippen molar-refractivity contribution in [2.45, 2.75) is 115 Å². The average molecular weight is 688 g/mol. The van der Waals surface area contributed by atoms with Crippen LogP contribution in [0.5, 0.6) is 11.5 Å². The topological polar surface area (TPSA) is 108 Å². The quantitative estimate of drug-likeness (QED) is 0.0717. The number of unbranched alkanes of at least 4 members (excludes halogenated alkanes) is 5. The molecule has 0 spiro atoms. The highest BCUT2D eigenvalue weighted by molar-refractivity contribution is 8.01. The van der Waals surface area contributed by atoms with Gasteiger partial charge in [0.15, 0.2) is 11.5 Å². The van der Waals surface area contributed by atoms with E-state index in [9.17, 15) is 18.6 Å². The second-order valence-electron chi connectivity index (χ2n) is 13.3. The fraction of sp³-hybridized carbons (Fsp3) is 0.727. The van der Waals surface area contributed by atoms with Crippen molar-refractivity contribution < 1.29 is 37.5 Å². The molecule has 0 aromatic heterocycles. The molecular weight excluding hydrogens is 638 g/mol. The molecule has 2 unspecified atom stereocenters. The maximum absolute atomic E-state index is 12.4. The van der Waals surface area contributed by atoms with Crippen molar-refractivity contribution in [2.75, 3.05) is 25.2 Å². The molecule has 3 aliphatic heterocycles. The summed E-state index contributed by atoms with van der Waals surface area (Å²) in [6, 6.07) is 5.31. The van der Waals surface area contributed by atoms with Gasteiger partial charge in [-0.3, -0.25) is 13.8 Å².